The average Bonchev–Trinajstić information content (AvgIpc) is 2.47. The van der Waals surface area contributed by atoms with Gasteiger partial charge in [-0.3, -0.25) is 4.79 Å². The van der Waals surface area contributed by atoms with E-state index in [1.807, 2.05) is 23.1 Å². The zero-order valence-electron chi connectivity index (χ0n) is 11.9. The lowest BCUT2D eigenvalue weighted by Crippen LogP contribution is -2.52. The van der Waals surface area contributed by atoms with Gasteiger partial charge in [-0.05, 0) is 50.4 Å². The maximum absolute atomic E-state index is 12.6. The van der Waals surface area contributed by atoms with Crippen LogP contribution in [0.1, 0.15) is 36.0 Å². The number of piperidine rings is 2. The molecule has 0 bridgehead atoms. The fourth-order valence-electron chi connectivity index (χ4n) is 3.61. The van der Waals surface area contributed by atoms with Gasteiger partial charge in [-0.25, -0.2) is 0 Å². The molecule has 4 heteroatoms. The Balaban J connectivity index is 1.74. The number of anilines is 1. The molecule has 1 unspecified atom stereocenters. The summed E-state index contributed by atoms with van der Waals surface area (Å²) in [7, 11) is 0. The number of carbonyl (C=O) groups excluding carboxylic acids is 1. The van der Waals surface area contributed by atoms with Crippen molar-refractivity contribution in [3.63, 3.8) is 0 Å². The van der Waals surface area contributed by atoms with Crippen LogP contribution in [0.3, 0.4) is 0 Å². The van der Waals surface area contributed by atoms with E-state index >= 15 is 0 Å². The van der Waals surface area contributed by atoms with Gasteiger partial charge < -0.3 is 16.0 Å². The van der Waals surface area contributed by atoms with Crippen LogP contribution in [-0.4, -0.2) is 37.0 Å². The molecule has 1 aromatic carbocycles. The van der Waals surface area contributed by atoms with Crippen LogP contribution in [-0.2, 0) is 0 Å². The minimum Gasteiger partial charge on any atom is -0.399 e. The van der Waals surface area contributed by atoms with E-state index in [-0.39, 0.29) is 5.91 Å². The highest BCUT2D eigenvalue weighted by Gasteiger charge is 2.38. The second-order valence-corrected chi connectivity index (χ2v) is 6.24. The Morgan fingerprint density at radius 1 is 1.30 bits per heavy atom. The quantitative estimate of drug-likeness (QED) is 0.768. The molecule has 108 valence electrons. The molecule has 2 saturated heterocycles. The van der Waals surface area contributed by atoms with Gasteiger partial charge in [0, 0.05) is 36.3 Å². The third-order valence-electron chi connectivity index (χ3n) is 4.64. The van der Waals surface area contributed by atoms with Crippen molar-refractivity contribution in [2.24, 2.45) is 5.41 Å². The number of hydrogen-bond donors (Lipinski definition) is 2. The van der Waals surface area contributed by atoms with Crippen LogP contribution in [0.2, 0.25) is 0 Å². The maximum atomic E-state index is 12.6. The first kappa shape index (κ1) is 13.4. The summed E-state index contributed by atoms with van der Waals surface area (Å²) in [4.78, 5) is 14.6. The predicted octanol–water partition coefficient (Wildman–Crippen LogP) is 1.87. The number of nitrogens with zero attached hydrogens (tertiary/aromatic N) is 1. The summed E-state index contributed by atoms with van der Waals surface area (Å²) in [5, 5.41) is 3.50. The summed E-state index contributed by atoms with van der Waals surface area (Å²) < 4.78 is 0. The number of rotatable bonds is 1. The Bertz CT molecular complexity index is 489. The number of likely N-dealkylation sites (tertiary alicyclic amines) is 1. The maximum Gasteiger partial charge on any atom is 0.253 e. The van der Waals surface area contributed by atoms with Gasteiger partial charge in [0.05, 0.1) is 0 Å². The minimum atomic E-state index is 0.127. The fraction of sp³-hybridized carbons (Fsp3) is 0.562. The largest absolute Gasteiger partial charge is 0.399 e. The highest BCUT2D eigenvalue weighted by molar-refractivity contribution is 5.95. The van der Waals surface area contributed by atoms with Crippen LogP contribution >= 0.6 is 0 Å². The Hall–Kier alpha value is -1.55. The van der Waals surface area contributed by atoms with Crippen LogP contribution in [0.4, 0.5) is 5.69 Å². The van der Waals surface area contributed by atoms with Crippen LogP contribution in [0.15, 0.2) is 24.3 Å². The van der Waals surface area contributed by atoms with Gasteiger partial charge in [-0.2, -0.15) is 0 Å². The third-order valence-corrected chi connectivity index (χ3v) is 4.64. The molecule has 2 aliphatic heterocycles. The van der Waals surface area contributed by atoms with Crippen molar-refractivity contribution in [1.29, 1.82) is 0 Å². The molecule has 20 heavy (non-hydrogen) atoms. The zero-order chi connectivity index (χ0) is 14.0. The molecule has 3 N–H and O–H groups in total. The normalized spacial score (nSPS) is 26.7. The molecule has 1 aromatic rings. The van der Waals surface area contributed by atoms with Crippen molar-refractivity contribution >= 4 is 11.6 Å². The SMILES string of the molecule is Nc1cccc(C(=O)N2CCCC3(CCCNC3)C2)c1. The smallest absolute Gasteiger partial charge is 0.253 e. The summed E-state index contributed by atoms with van der Waals surface area (Å²) >= 11 is 0. The van der Waals surface area contributed by atoms with Crippen LogP contribution in [0, 0.1) is 5.41 Å². The Morgan fingerprint density at radius 3 is 2.90 bits per heavy atom. The molecular weight excluding hydrogens is 250 g/mol. The summed E-state index contributed by atoms with van der Waals surface area (Å²) in [6.07, 6.45) is 4.80. The topological polar surface area (TPSA) is 58.4 Å². The van der Waals surface area contributed by atoms with Gasteiger partial charge in [0.1, 0.15) is 0 Å². The molecule has 1 atom stereocenters. The molecule has 0 saturated carbocycles. The number of carbonyl (C=O) groups is 1. The predicted molar refractivity (Wildman–Crippen MR) is 80.5 cm³/mol. The molecule has 2 fully saturated rings. The van der Waals surface area contributed by atoms with E-state index in [0.717, 1.165) is 32.6 Å². The molecule has 4 nitrogen and oxygen atoms in total. The highest BCUT2D eigenvalue weighted by Crippen LogP contribution is 2.36. The van der Waals surface area contributed by atoms with Crippen LogP contribution < -0.4 is 11.1 Å². The number of hydrogen-bond acceptors (Lipinski definition) is 3. The van der Waals surface area contributed by atoms with Gasteiger partial charge >= 0.3 is 0 Å². The summed E-state index contributed by atoms with van der Waals surface area (Å²) in [5.41, 5.74) is 7.45. The summed E-state index contributed by atoms with van der Waals surface area (Å²) in [6, 6.07) is 7.31. The number of benzene rings is 1. The Labute approximate surface area is 120 Å². The number of amides is 1. The van der Waals surface area contributed by atoms with Gasteiger partial charge in [-0.1, -0.05) is 6.07 Å². The van der Waals surface area contributed by atoms with Crippen molar-refractivity contribution in [1.82, 2.24) is 10.2 Å². The van der Waals surface area contributed by atoms with E-state index in [4.69, 9.17) is 5.73 Å². The first-order valence-corrected chi connectivity index (χ1v) is 7.54. The monoisotopic (exact) mass is 273 g/mol. The van der Waals surface area contributed by atoms with Crippen LogP contribution in [0.25, 0.3) is 0 Å². The number of nitrogens with one attached hydrogen (secondary N) is 1. The number of nitrogen functional groups attached to an aromatic ring is 1. The molecular formula is C16H23N3O. The van der Waals surface area contributed by atoms with Crippen molar-refractivity contribution in [2.45, 2.75) is 25.7 Å². The fourth-order valence-corrected chi connectivity index (χ4v) is 3.61. The molecule has 1 amide bonds. The van der Waals surface area contributed by atoms with Gasteiger partial charge in [-0.15, -0.1) is 0 Å². The average molecular weight is 273 g/mol. The van der Waals surface area contributed by atoms with Crippen LogP contribution in [0.5, 0.6) is 0 Å². The lowest BCUT2D eigenvalue weighted by atomic mass is 9.74. The van der Waals surface area contributed by atoms with Crippen molar-refractivity contribution in [3.05, 3.63) is 29.8 Å². The van der Waals surface area contributed by atoms with Gasteiger partial charge in [0.25, 0.3) is 5.91 Å². The zero-order valence-corrected chi connectivity index (χ0v) is 11.9. The van der Waals surface area contributed by atoms with E-state index in [0.29, 0.717) is 16.7 Å². The Kier molecular flexibility index (Phi) is 3.66. The lowest BCUT2D eigenvalue weighted by molar-refractivity contribution is 0.0434. The molecule has 0 aromatic heterocycles. The molecule has 3 rings (SSSR count). The second kappa shape index (κ2) is 5.44. The van der Waals surface area contributed by atoms with Crippen molar-refractivity contribution in [3.8, 4) is 0 Å². The van der Waals surface area contributed by atoms with E-state index in [9.17, 15) is 4.79 Å². The molecule has 2 aliphatic rings. The first-order valence-electron chi connectivity index (χ1n) is 7.54. The standard InChI is InChI=1S/C16H23N3O/c17-14-5-1-4-13(10-14)15(20)19-9-3-7-16(12-19)6-2-8-18-11-16/h1,4-5,10,18H,2-3,6-9,11-12,17H2. The molecule has 1 spiro atoms. The minimum absolute atomic E-state index is 0.127. The van der Waals surface area contributed by atoms with E-state index in [1.165, 1.54) is 19.3 Å². The molecule has 2 heterocycles. The second-order valence-electron chi connectivity index (χ2n) is 6.24. The highest BCUT2D eigenvalue weighted by atomic mass is 16.2. The number of nitrogens with two attached hydrogens (primary N) is 1. The summed E-state index contributed by atoms with van der Waals surface area (Å²) in [6.45, 7) is 3.92. The van der Waals surface area contributed by atoms with Gasteiger partial charge in [0.2, 0.25) is 0 Å². The van der Waals surface area contributed by atoms with E-state index < -0.39 is 0 Å². The van der Waals surface area contributed by atoms with Crippen molar-refractivity contribution < 1.29 is 4.79 Å². The third kappa shape index (κ3) is 2.66. The summed E-state index contributed by atoms with van der Waals surface area (Å²) in [5.74, 6) is 0.127. The Morgan fingerprint density at radius 2 is 2.15 bits per heavy atom. The first-order chi connectivity index (χ1) is 9.69. The molecule has 0 radical (unpaired) electrons. The van der Waals surface area contributed by atoms with E-state index in [2.05, 4.69) is 5.32 Å². The van der Waals surface area contributed by atoms with E-state index in [1.54, 1.807) is 6.07 Å². The lowest BCUT2D eigenvalue weighted by Gasteiger charge is -2.45. The van der Waals surface area contributed by atoms with Crippen molar-refractivity contribution in [2.75, 3.05) is 31.9 Å². The molecule has 0 aliphatic carbocycles. The van der Waals surface area contributed by atoms with Gasteiger partial charge in [0.15, 0.2) is 0 Å².